The Hall–Kier alpha value is -2.22. The summed E-state index contributed by atoms with van der Waals surface area (Å²) in [5.74, 6) is 7.03. The molecule has 0 amide bonds. The van der Waals surface area contributed by atoms with Crippen molar-refractivity contribution in [1.82, 2.24) is 0 Å². The molecule has 2 rings (SSSR count). The summed E-state index contributed by atoms with van der Waals surface area (Å²) in [6.45, 7) is 4.56. The van der Waals surface area contributed by atoms with Crippen LogP contribution in [0.1, 0.15) is 76.3 Å². The summed E-state index contributed by atoms with van der Waals surface area (Å²) in [5, 5.41) is 0. The van der Waals surface area contributed by atoms with Crippen LogP contribution in [0.15, 0.2) is 60.7 Å². The molecule has 0 spiro atoms. The first-order chi connectivity index (χ1) is 14.3. The van der Waals surface area contributed by atoms with Gasteiger partial charge in [0.25, 0.3) is 0 Å². The van der Waals surface area contributed by atoms with Crippen molar-refractivity contribution in [1.29, 1.82) is 0 Å². The van der Waals surface area contributed by atoms with E-state index < -0.39 is 8.07 Å². The average molecular weight is 401 g/mol. The molecular formula is C28H36Si. The highest BCUT2D eigenvalue weighted by Gasteiger charge is 2.28. The van der Waals surface area contributed by atoms with Crippen LogP contribution < -0.4 is 0 Å². The third kappa shape index (κ3) is 9.21. The van der Waals surface area contributed by atoms with E-state index in [0.717, 1.165) is 11.1 Å². The minimum absolute atomic E-state index is 1.12. The monoisotopic (exact) mass is 400 g/mol. The van der Waals surface area contributed by atoms with Gasteiger partial charge in [0.15, 0.2) is 0 Å². The van der Waals surface area contributed by atoms with E-state index >= 15 is 0 Å². The van der Waals surface area contributed by atoms with E-state index in [1.807, 2.05) is 0 Å². The van der Waals surface area contributed by atoms with Crippen molar-refractivity contribution in [2.45, 2.75) is 77.3 Å². The van der Waals surface area contributed by atoms with Crippen molar-refractivity contribution in [2.24, 2.45) is 0 Å². The minimum Gasteiger partial charge on any atom is -0.110 e. The molecule has 2 aromatic rings. The Bertz CT molecular complexity index is 728. The SMILES string of the molecule is CCCCCC[Si](C#Cc1ccccc1)(C#Cc1ccccc1)CCCCCC. The van der Waals surface area contributed by atoms with Gasteiger partial charge >= 0.3 is 0 Å². The molecule has 152 valence electrons. The Kier molecular flexibility index (Phi) is 11.0. The van der Waals surface area contributed by atoms with E-state index in [0.29, 0.717) is 0 Å². The average Bonchev–Trinajstić information content (AvgIpc) is 2.78. The number of unbranched alkanes of at least 4 members (excludes halogenated alkanes) is 6. The quantitative estimate of drug-likeness (QED) is 0.217. The van der Waals surface area contributed by atoms with Gasteiger partial charge in [-0.1, -0.05) is 113 Å². The number of benzene rings is 2. The van der Waals surface area contributed by atoms with Crippen molar-refractivity contribution in [3.63, 3.8) is 0 Å². The molecule has 0 heterocycles. The molecule has 0 saturated heterocycles. The number of hydrogen-bond acceptors (Lipinski definition) is 0. The van der Waals surface area contributed by atoms with Crippen molar-refractivity contribution in [2.75, 3.05) is 0 Å². The van der Waals surface area contributed by atoms with Gasteiger partial charge in [0.05, 0.1) is 0 Å². The van der Waals surface area contributed by atoms with E-state index in [1.54, 1.807) is 0 Å². The lowest BCUT2D eigenvalue weighted by molar-refractivity contribution is 0.685. The van der Waals surface area contributed by atoms with Crippen molar-refractivity contribution in [3.05, 3.63) is 71.8 Å². The van der Waals surface area contributed by atoms with Gasteiger partial charge in [-0.3, -0.25) is 0 Å². The van der Waals surface area contributed by atoms with E-state index in [1.165, 1.54) is 63.5 Å². The van der Waals surface area contributed by atoms with Crippen LogP contribution in [0.4, 0.5) is 0 Å². The standard InChI is InChI=1S/C28H36Si/c1-3-5-7-15-23-29(24-16-8-6-4-2,25-21-27-17-11-9-12-18-27)26-22-28-19-13-10-14-20-28/h9-14,17-20H,3-8,15-16,23-24H2,1-2H3. The summed E-state index contributed by atoms with van der Waals surface area (Å²) in [6.07, 6.45) is 10.3. The third-order valence-corrected chi connectivity index (χ3v) is 8.98. The Morgan fingerprint density at radius 2 is 0.966 bits per heavy atom. The summed E-state index contributed by atoms with van der Waals surface area (Å²) >= 11 is 0. The van der Waals surface area contributed by atoms with Gasteiger partial charge in [-0.2, -0.15) is 0 Å². The lowest BCUT2D eigenvalue weighted by Gasteiger charge is -2.20. The number of hydrogen-bond donors (Lipinski definition) is 0. The van der Waals surface area contributed by atoms with Gasteiger partial charge in [0, 0.05) is 11.1 Å². The molecule has 0 fully saturated rings. The Morgan fingerprint density at radius 3 is 1.34 bits per heavy atom. The van der Waals surface area contributed by atoms with Crippen LogP contribution in [-0.2, 0) is 0 Å². The Balaban J connectivity index is 2.30. The van der Waals surface area contributed by atoms with E-state index in [4.69, 9.17) is 0 Å². The second kappa shape index (κ2) is 13.9. The molecule has 0 aliphatic carbocycles. The smallest absolute Gasteiger partial charge is 0.110 e. The van der Waals surface area contributed by atoms with Crippen molar-refractivity contribution < 1.29 is 0 Å². The summed E-state index contributed by atoms with van der Waals surface area (Å²) in [5.41, 5.74) is 9.81. The van der Waals surface area contributed by atoms with Crippen LogP contribution in [0.25, 0.3) is 0 Å². The van der Waals surface area contributed by atoms with Gasteiger partial charge in [0.2, 0.25) is 8.07 Å². The van der Waals surface area contributed by atoms with Gasteiger partial charge < -0.3 is 0 Å². The molecule has 0 N–H and O–H groups in total. The lowest BCUT2D eigenvalue weighted by Crippen LogP contribution is -2.31. The fraction of sp³-hybridized carbons (Fsp3) is 0.429. The maximum atomic E-state index is 3.79. The van der Waals surface area contributed by atoms with Crippen molar-refractivity contribution >= 4 is 8.07 Å². The maximum absolute atomic E-state index is 3.79. The molecule has 0 saturated carbocycles. The van der Waals surface area contributed by atoms with E-state index in [-0.39, 0.29) is 0 Å². The predicted molar refractivity (Wildman–Crippen MR) is 130 cm³/mol. The fourth-order valence-electron chi connectivity index (χ4n) is 3.54. The normalized spacial score (nSPS) is 10.6. The van der Waals surface area contributed by atoms with Crippen molar-refractivity contribution in [3.8, 4) is 22.9 Å². The first-order valence-corrected chi connectivity index (χ1v) is 13.9. The number of rotatable bonds is 10. The topological polar surface area (TPSA) is 0 Å². The Labute approximate surface area is 180 Å². The molecule has 2 aromatic carbocycles. The summed E-state index contributed by atoms with van der Waals surface area (Å²) in [6, 6.07) is 23.3. The molecule has 1 heteroatoms. The first-order valence-electron chi connectivity index (χ1n) is 11.4. The highest BCUT2D eigenvalue weighted by atomic mass is 28.3. The molecule has 0 aliphatic heterocycles. The second-order valence-corrected chi connectivity index (χ2v) is 11.6. The summed E-state index contributed by atoms with van der Waals surface area (Å²) < 4.78 is 0. The maximum Gasteiger partial charge on any atom is 0.217 e. The fourth-order valence-corrected chi connectivity index (χ4v) is 6.83. The van der Waals surface area contributed by atoms with E-state index in [2.05, 4.69) is 97.4 Å². The van der Waals surface area contributed by atoms with E-state index in [9.17, 15) is 0 Å². The zero-order valence-electron chi connectivity index (χ0n) is 18.3. The molecule has 0 nitrogen and oxygen atoms in total. The van der Waals surface area contributed by atoms with Gasteiger partial charge in [0.1, 0.15) is 0 Å². The zero-order valence-corrected chi connectivity index (χ0v) is 19.3. The van der Waals surface area contributed by atoms with Gasteiger partial charge in [-0.25, -0.2) is 0 Å². The van der Waals surface area contributed by atoms with Crippen LogP contribution in [0.2, 0.25) is 12.1 Å². The summed E-state index contributed by atoms with van der Waals surface area (Å²) in [4.78, 5) is 0. The molecular weight excluding hydrogens is 364 g/mol. The van der Waals surface area contributed by atoms with Crippen LogP contribution in [0.5, 0.6) is 0 Å². The Morgan fingerprint density at radius 1 is 0.552 bits per heavy atom. The second-order valence-electron chi connectivity index (χ2n) is 7.94. The molecule has 0 aliphatic rings. The molecule has 29 heavy (non-hydrogen) atoms. The molecule has 0 radical (unpaired) electrons. The molecule has 0 bridgehead atoms. The minimum atomic E-state index is -1.98. The molecule has 0 aromatic heterocycles. The lowest BCUT2D eigenvalue weighted by atomic mass is 10.2. The van der Waals surface area contributed by atoms with Gasteiger partial charge in [-0.15, -0.1) is 11.1 Å². The molecule has 0 unspecified atom stereocenters. The zero-order chi connectivity index (χ0) is 20.6. The van der Waals surface area contributed by atoms with Crippen LogP contribution >= 0.6 is 0 Å². The van der Waals surface area contributed by atoms with Crippen LogP contribution in [0, 0.1) is 22.9 Å². The highest BCUT2D eigenvalue weighted by Crippen LogP contribution is 2.23. The largest absolute Gasteiger partial charge is 0.217 e. The summed E-state index contributed by atoms with van der Waals surface area (Å²) in [7, 11) is -1.98. The predicted octanol–water partition coefficient (Wildman–Crippen LogP) is 7.78. The van der Waals surface area contributed by atoms with Crippen LogP contribution in [0.3, 0.4) is 0 Å². The highest BCUT2D eigenvalue weighted by molar-refractivity contribution is 6.94. The van der Waals surface area contributed by atoms with Crippen LogP contribution in [-0.4, -0.2) is 8.07 Å². The third-order valence-electron chi connectivity index (χ3n) is 5.35. The first kappa shape index (κ1) is 23.1. The van der Waals surface area contributed by atoms with Gasteiger partial charge in [-0.05, 0) is 36.4 Å². The molecule has 0 atom stereocenters.